The molecule has 1 unspecified atom stereocenters. The van der Waals surface area contributed by atoms with Gasteiger partial charge in [-0.25, -0.2) is 0 Å². The molecule has 1 amide bonds. The van der Waals surface area contributed by atoms with Crippen molar-refractivity contribution in [1.82, 2.24) is 10.2 Å². The van der Waals surface area contributed by atoms with Crippen molar-refractivity contribution in [2.45, 2.75) is 52.1 Å². The van der Waals surface area contributed by atoms with E-state index < -0.39 is 0 Å². The molecular formula is C15H28N2O2. The maximum Gasteiger partial charge on any atom is 0.228 e. The number of nitrogens with one attached hydrogen (secondary N) is 1. The molecule has 2 fully saturated rings. The second-order valence-electron chi connectivity index (χ2n) is 6.07. The van der Waals surface area contributed by atoms with Gasteiger partial charge >= 0.3 is 0 Å². The van der Waals surface area contributed by atoms with Crippen molar-refractivity contribution >= 4 is 5.91 Å². The fraction of sp³-hybridized carbons (Fsp3) is 0.933. The van der Waals surface area contributed by atoms with Crippen LogP contribution in [0.4, 0.5) is 0 Å². The third-order valence-corrected chi connectivity index (χ3v) is 4.48. The standard InChI is InChI=1S/C15H28N2O2/c1-3-5-15(6-8-16-9-7-15)14(18)17-10-4-11-19-13(2)12-17/h13,16H,3-12H2,1-2H3. The Hall–Kier alpha value is -0.610. The molecule has 2 rings (SSSR count). The predicted octanol–water partition coefficient (Wildman–Crippen LogP) is 1.79. The molecule has 0 aliphatic carbocycles. The Labute approximate surface area is 116 Å². The number of hydrogen-bond acceptors (Lipinski definition) is 3. The van der Waals surface area contributed by atoms with Gasteiger partial charge in [-0.2, -0.15) is 0 Å². The molecule has 0 aromatic heterocycles. The average Bonchev–Trinajstić information content (AvgIpc) is 2.64. The van der Waals surface area contributed by atoms with Crippen molar-refractivity contribution in [3.05, 3.63) is 0 Å². The number of carbonyl (C=O) groups is 1. The molecule has 0 aromatic carbocycles. The molecule has 0 saturated carbocycles. The summed E-state index contributed by atoms with van der Waals surface area (Å²) in [5.41, 5.74) is -0.107. The Bertz CT molecular complexity index is 295. The van der Waals surface area contributed by atoms with E-state index in [4.69, 9.17) is 4.74 Å². The third kappa shape index (κ3) is 3.48. The molecule has 110 valence electrons. The van der Waals surface area contributed by atoms with Gasteiger partial charge in [0.2, 0.25) is 5.91 Å². The Morgan fingerprint density at radius 2 is 2.16 bits per heavy atom. The van der Waals surface area contributed by atoms with Crippen molar-refractivity contribution in [1.29, 1.82) is 0 Å². The highest BCUT2D eigenvalue weighted by Crippen LogP contribution is 2.36. The number of piperidine rings is 1. The van der Waals surface area contributed by atoms with Crippen molar-refractivity contribution < 1.29 is 9.53 Å². The van der Waals surface area contributed by atoms with Gasteiger partial charge in [0.25, 0.3) is 0 Å². The minimum atomic E-state index is -0.107. The number of rotatable bonds is 3. The number of carbonyl (C=O) groups excluding carboxylic acids is 1. The molecule has 2 aliphatic rings. The summed E-state index contributed by atoms with van der Waals surface area (Å²) >= 11 is 0. The first kappa shape index (κ1) is 14.8. The van der Waals surface area contributed by atoms with E-state index in [1.54, 1.807) is 0 Å². The third-order valence-electron chi connectivity index (χ3n) is 4.48. The van der Waals surface area contributed by atoms with Gasteiger partial charge in [0.15, 0.2) is 0 Å². The van der Waals surface area contributed by atoms with Crippen molar-refractivity contribution in [2.75, 3.05) is 32.8 Å². The van der Waals surface area contributed by atoms with Crippen molar-refractivity contribution in [3.63, 3.8) is 0 Å². The summed E-state index contributed by atoms with van der Waals surface area (Å²) in [6, 6.07) is 0. The van der Waals surface area contributed by atoms with E-state index in [-0.39, 0.29) is 11.5 Å². The molecule has 2 saturated heterocycles. The molecule has 1 atom stereocenters. The van der Waals surface area contributed by atoms with E-state index in [0.29, 0.717) is 5.91 Å². The lowest BCUT2D eigenvalue weighted by Gasteiger charge is -2.40. The number of amides is 1. The van der Waals surface area contributed by atoms with Gasteiger partial charge in [0, 0.05) is 19.7 Å². The lowest BCUT2D eigenvalue weighted by Crippen LogP contribution is -2.50. The van der Waals surface area contributed by atoms with Crippen LogP contribution in [0.5, 0.6) is 0 Å². The van der Waals surface area contributed by atoms with Crippen molar-refractivity contribution in [2.24, 2.45) is 5.41 Å². The van der Waals surface area contributed by atoms with Crippen LogP contribution in [0.1, 0.15) is 46.0 Å². The fourth-order valence-corrected chi connectivity index (χ4v) is 3.47. The van der Waals surface area contributed by atoms with Gasteiger partial charge in [-0.1, -0.05) is 13.3 Å². The first-order valence-corrected chi connectivity index (χ1v) is 7.80. The van der Waals surface area contributed by atoms with Crippen LogP contribution in [-0.4, -0.2) is 49.7 Å². The van der Waals surface area contributed by atoms with Crippen LogP contribution in [0.25, 0.3) is 0 Å². The van der Waals surface area contributed by atoms with E-state index in [9.17, 15) is 4.79 Å². The van der Waals surface area contributed by atoms with Gasteiger partial charge in [-0.15, -0.1) is 0 Å². The highest BCUT2D eigenvalue weighted by molar-refractivity contribution is 5.83. The molecule has 0 aromatic rings. The van der Waals surface area contributed by atoms with Gasteiger partial charge in [0.05, 0.1) is 11.5 Å². The Morgan fingerprint density at radius 3 is 2.84 bits per heavy atom. The van der Waals surface area contributed by atoms with Gasteiger partial charge in [0.1, 0.15) is 0 Å². The maximum atomic E-state index is 13.0. The maximum absolute atomic E-state index is 13.0. The smallest absolute Gasteiger partial charge is 0.228 e. The van der Waals surface area contributed by atoms with Crippen LogP contribution in [-0.2, 0) is 9.53 Å². The summed E-state index contributed by atoms with van der Waals surface area (Å²) < 4.78 is 5.66. The van der Waals surface area contributed by atoms with Crippen molar-refractivity contribution in [3.8, 4) is 0 Å². The summed E-state index contributed by atoms with van der Waals surface area (Å²) in [5, 5.41) is 3.38. The summed E-state index contributed by atoms with van der Waals surface area (Å²) in [4.78, 5) is 15.1. The summed E-state index contributed by atoms with van der Waals surface area (Å²) in [5.74, 6) is 0.383. The van der Waals surface area contributed by atoms with E-state index in [1.807, 2.05) is 0 Å². The van der Waals surface area contributed by atoms with Gasteiger partial charge in [-0.05, 0) is 45.7 Å². The largest absolute Gasteiger partial charge is 0.377 e. The minimum absolute atomic E-state index is 0.107. The molecule has 2 heterocycles. The Morgan fingerprint density at radius 1 is 1.42 bits per heavy atom. The lowest BCUT2D eigenvalue weighted by molar-refractivity contribution is -0.145. The summed E-state index contributed by atoms with van der Waals surface area (Å²) in [6.07, 6.45) is 5.24. The van der Waals surface area contributed by atoms with E-state index in [2.05, 4.69) is 24.1 Å². The molecule has 4 heteroatoms. The van der Waals surface area contributed by atoms with E-state index in [1.165, 1.54) is 0 Å². The van der Waals surface area contributed by atoms with Crippen LogP contribution in [0.15, 0.2) is 0 Å². The highest BCUT2D eigenvalue weighted by atomic mass is 16.5. The second-order valence-corrected chi connectivity index (χ2v) is 6.07. The minimum Gasteiger partial charge on any atom is -0.377 e. The summed E-state index contributed by atoms with van der Waals surface area (Å²) in [6.45, 7) is 8.62. The second kappa shape index (κ2) is 6.71. The average molecular weight is 268 g/mol. The molecule has 0 bridgehead atoms. The SMILES string of the molecule is CCCC1(C(=O)N2CCCOC(C)C2)CCNCC1. The van der Waals surface area contributed by atoms with Gasteiger partial charge < -0.3 is 15.0 Å². The fourth-order valence-electron chi connectivity index (χ4n) is 3.47. The van der Waals surface area contributed by atoms with Crippen LogP contribution in [0.3, 0.4) is 0 Å². The molecule has 4 nitrogen and oxygen atoms in total. The zero-order valence-corrected chi connectivity index (χ0v) is 12.4. The molecule has 19 heavy (non-hydrogen) atoms. The topological polar surface area (TPSA) is 41.6 Å². The molecule has 0 radical (unpaired) electrons. The number of hydrogen-bond donors (Lipinski definition) is 1. The monoisotopic (exact) mass is 268 g/mol. The molecule has 1 N–H and O–H groups in total. The van der Waals surface area contributed by atoms with Crippen LogP contribution >= 0.6 is 0 Å². The van der Waals surface area contributed by atoms with E-state index in [0.717, 1.165) is 64.9 Å². The zero-order valence-electron chi connectivity index (χ0n) is 12.4. The van der Waals surface area contributed by atoms with Crippen LogP contribution in [0, 0.1) is 5.41 Å². The Balaban J connectivity index is 2.09. The zero-order chi connectivity index (χ0) is 13.7. The first-order chi connectivity index (χ1) is 9.18. The van der Waals surface area contributed by atoms with Crippen LogP contribution < -0.4 is 5.32 Å². The highest BCUT2D eigenvalue weighted by Gasteiger charge is 2.41. The number of ether oxygens (including phenoxy) is 1. The Kier molecular flexibility index (Phi) is 5.22. The molecule has 2 aliphatic heterocycles. The molecular weight excluding hydrogens is 240 g/mol. The molecule has 0 spiro atoms. The quantitative estimate of drug-likeness (QED) is 0.848. The van der Waals surface area contributed by atoms with E-state index >= 15 is 0 Å². The lowest BCUT2D eigenvalue weighted by atomic mass is 9.74. The van der Waals surface area contributed by atoms with Gasteiger partial charge in [-0.3, -0.25) is 4.79 Å². The van der Waals surface area contributed by atoms with Crippen LogP contribution in [0.2, 0.25) is 0 Å². The first-order valence-electron chi connectivity index (χ1n) is 7.80. The number of nitrogens with zero attached hydrogens (tertiary/aromatic N) is 1. The predicted molar refractivity (Wildman–Crippen MR) is 76.1 cm³/mol. The normalized spacial score (nSPS) is 27.9. The summed E-state index contributed by atoms with van der Waals surface area (Å²) in [7, 11) is 0.